The number of hydrogen-bond donors (Lipinski definition) is 2. The fourth-order valence-corrected chi connectivity index (χ4v) is 2.99. The number of rotatable bonds is 3. The van der Waals surface area contributed by atoms with Gasteiger partial charge in [0.1, 0.15) is 17.2 Å². The van der Waals surface area contributed by atoms with Crippen LogP contribution in [0, 0.1) is 0 Å². The maximum atomic E-state index is 13.0. The normalized spacial score (nSPS) is 23.2. The van der Waals surface area contributed by atoms with Gasteiger partial charge in [-0.3, -0.25) is 5.32 Å². The van der Waals surface area contributed by atoms with Crippen molar-refractivity contribution in [3.8, 4) is 0 Å². The topological polar surface area (TPSA) is 58.6 Å². The van der Waals surface area contributed by atoms with Crippen LogP contribution in [0.5, 0.6) is 0 Å². The van der Waals surface area contributed by atoms with Crippen LogP contribution in [0.1, 0.15) is 57.3 Å². The molecule has 1 saturated heterocycles. The molecule has 2 rings (SSSR count). The second kappa shape index (κ2) is 6.96. The first-order chi connectivity index (χ1) is 11.5. The van der Waals surface area contributed by atoms with Crippen molar-refractivity contribution in [2.75, 3.05) is 6.54 Å². The van der Waals surface area contributed by atoms with Crippen LogP contribution >= 0.6 is 0 Å². The van der Waals surface area contributed by atoms with Gasteiger partial charge in [0.15, 0.2) is 0 Å². The summed E-state index contributed by atoms with van der Waals surface area (Å²) in [6.45, 7) is 5.60. The van der Waals surface area contributed by atoms with E-state index in [0.717, 1.165) is 18.6 Å². The smallest absolute Gasteiger partial charge is 0.416 e. The molecule has 1 heterocycles. The van der Waals surface area contributed by atoms with Crippen molar-refractivity contribution in [2.45, 2.75) is 63.5 Å². The Balaban J connectivity index is 2.39. The summed E-state index contributed by atoms with van der Waals surface area (Å²) in [6, 6.07) is 4.44. The van der Waals surface area contributed by atoms with Gasteiger partial charge in [0, 0.05) is 0 Å². The van der Waals surface area contributed by atoms with E-state index in [2.05, 4.69) is 5.32 Å². The average Bonchev–Trinajstić information content (AvgIpc) is 2.52. The van der Waals surface area contributed by atoms with E-state index in [1.54, 1.807) is 20.8 Å². The first-order valence-electron chi connectivity index (χ1n) is 8.29. The molecular weight excluding hydrogens is 335 g/mol. The molecule has 1 aromatic rings. The SMILES string of the molecule is CC(C)(C)OC(=O)[C@@]1([C@@H](O)c2cccc(C(F)(F)F)c2)CCCCN1. The quantitative estimate of drug-likeness (QED) is 0.810. The lowest BCUT2D eigenvalue weighted by molar-refractivity contribution is -0.170. The van der Waals surface area contributed by atoms with Crippen molar-refractivity contribution >= 4 is 5.97 Å². The molecule has 2 N–H and O–H groups in total. The Morgan fingerprint density at radius 1 is 1.28 bits per heavy atom. The molecule has 0 amide bonds. The summed E-state index contributed by atoms with van der Waals surface area (Å²) in [5.41, 5.74) is -3.04. The number of benzene rings is 1. The molecule has 1 aromatic carbocycles. The van der Waals surface area contributed by atoms with Gasteiger partial charge in [0.05, 0.1) is 5.56 Å². The number of alkyl halides is 3. The van der Waals surface area contributed by atoms with E-state index in [-0.39, 0.29) is 5.56 Å². The zero-order valence-electron chi connectivity index (χ0n) is 14.6. The van der Waals surface area contributed by atoms with Crippen molar-refractivity contribution in [1.29, 1.82) is 0 Å². The summed E-state index contributed by atoms with van der Waals surface area (Å²) < 4.78 is 44.3. The van der Waals surface area contributed by atoms with E-state index in [4.69, 9.17) is 4.74 Å². The maximum Gasteiger partial charge on any atom is 0.416 e. The Bertz CT molecular complexity index is 617. The molecule has 4 nitrogen and oxygen atoms in total. The van der Waals surface area contributed by atoms with Gasteiger partial charge >= 0.3 is 12.1 Å². The minimum atomic E-state index is -4.52. The lowest BCUT2D eigenvalue weighted by atomic mass is 9.80. The van der Waals surface area contributed by atoms with Crippen LogP contribution in [0.4, 0.5) is 13.2 Å². The second-order valence-electron chi connectivity index (χ2n) is 7.38. The van der Waals surface area contributed by atoms with Crippen LogP contribution < -0.4 is 5.32 Å². The molecule has 0 saturated carbocycles. The van der Waals surface area contributed by atoms with Gasteiger partial charge in [-0.15, -0.1) is 0 Å². The predicted octanol–water partition coefficient (Wildman–Crippen LogP) is 3.59. The second-order valence-corrected chi connectivity index (χ2v) is 7.38. The number of carbonyl (C=O) groups excluding carboxylic acids is 1. The highest BCUT2D eigenvalue weighted by Gasteiger charge is 2.49. The van der Waals surface area contributed by atoms with E-state index < -0.39 is 35.0 Å². The molecule has 0 spiro atoms. The molecule has 25 heavy (non-hydrogen) atoms. The third-order valence-corrected chi connectivity index (χ3v) is 4.20. The Hall–Kier alpha value is -1.60. The van der Waals surface area contributed by atoms with Crippen molar-refractivity contribution in [3.63, 3.8) is 0 Å². The molecule has 0 radical (unpaired) electrons. The fourth-order valence-electron chi connectivity index (χ4n) is 2.99. The first-order valence-corrected chi connectivity index (χ1v) is 8.29. The molecule has 0 bridgehead atoms. The van der Waals surface area contributed by atoms with Crippen LogP contribution in [0.15, 0.2) is 24.3 Å². The summed E-state index contributed by atoms with van der Waals surface area (Å²) in [5.74, 6) is -0.649. The number of ether oxygens (including phenoxy) is 1. The number of hydrogen-bond acceptors (Lipinski definition) is 4. The molecule has 1 aliphatic rings. The van der Waals surface area contributed by atoms with Gasteiger partial charge in [-0.2, -0.15) is 13.2 Å². The molecule has 1 aliphatic heterocycles. The van der Waals surface area contributed by atoms with Gasteiger partial charge in [0.25, 0.3) is 0 Å². The number of aliphatic hydroxyl groups is 1. The third-order valence-electron chi connectivity index (χ3n) is 4.20. The first kappa shape index (κ1) is 19.7. The van der Waals surface area contributed by atoms with Gasteiger partial charge in [-0.25, -0.2) is 4.79 Å². The third kappa shape index (κ3) is 4.52. The van der Waals surface area contributed by atoms with E-state index in [1.165, 1.54) is 12.1 Å². The van der Waals surface area contributed by atoms with Crippen LogP contribution in [0.2, 0.25) is 0 Å². The monoisotopic (exact) mass is 359 g/mol. The Kier molecular flexibility index (Phi) is 5.49. The molecule has 7 heteroatoms. The number of esters is 1. The maximum absolute atomic E-state index is 13.0. The van der Waals surface area contributed by atoms with Crippen molar-refractivity contribution in [1.82, 2.24) is 5.32 Å². The van der Waals surface area contributed by atoms with Gasteiger partial charge in [0.2, 0.25) is 0 Å². The van der Waals surface area contributed by atoms with Crippen LogP contribution in [0.25, 0.3) is 0 Å². The van der Waals surface area contributed by atoms with E-state index in [0.29, 0.717) is 19.4 Å². The summed E-state index contributed by atoms with van der Waals surface area (Å²) >= 11 is 0. The van der Waals surface area contributed by atoms with E-state index in [9.17, 15) is 23.1 Å². The molecule has 0 aromatic heterocycles. The zero-order chi connectivity index (χ0) is 18.9. The zero-order valence-corrected chi connectivity index (χ0v) is 14.6. The number of halogens is 3. The highest BCUT2D eigenvalue weighted by molar-refractivity contribution is 5.82. The number of piperidine rings is 1. The van der Waals surface area contributed by atoms with Crippen LogP contribution in [-0.2, 0) is 15.7 Å². The van der Waals surface area contributed by atoms with Crippen LogP contribution in [-0.4, -0.2) is 28.8 Å². The number of carbonyl (C=O) groups is 1. The van der Waals surface area contributed by atoms with Gasteiger partial charge in [-0.1, -0.05) is 12.1 Å². The summed E-state index contributed by atoms with van der Waals surface area (Å²) in [6.07, 6.45) is -4.18. The van der Waals surface area contributed by atoms with Crippen molar-refractivity contribution < 1.29 is 27.8 Å². The molecular formula is C18H24F3NO3. The average molecular weight is 359 g/mol. The van der Waals surface area contributed by atoms with Crippen LogP contribution in [0.3, 0.4) is 0 Å². The number of nitrogens with one attached hydrogen (secondary N) is 1. The summed E-state index contributed by atoms with van der Waals surface area (Å²) in [4.78, 5) is 12.8. The molecule has 0 aliphatic carbocycles. The Morgan fingerprint density at radius 2 is 1.96 bits per heavy atom. The van der Waals surface area contributed by atoms with Crippen molar-refractivity contribution in [2.24, 2.45) is 0 Å². The lowest BCUT2D eigenvalue weighted by Crippen LogP contribution is -2.60. The van der Waals surface area contributed by atoms with Gasteiger partial charge < -0.3 is 9.84 Å². The molecule has 2 atom stereocenters. The van der Waals surface area contributed by atoms with Crippen molar-refractivity contribution in [3.05, 3.63) is 35.4 Å². The number of aliphatic hydroxyl groups excluding tert-OH is 1. The summed E-state index contributed by atoms with van der Waals surface area (Å²) in [5, 5.41) is 13.8. The lowest BCUT2D eigenvalue weighted by Gasteiger charge is -2.41. The minimum Gasteiger partial charge on any atom is -0.459 e. The molecule has 0 unspecified atom stereocenters. The van der Waals surface area contributed by atoms with E-state index >= 15 is 0 Å². The predicted molar refractivity (Wildman–Crippen MR) is 86.8 cm³/mol. The van der Waals surface area contributed by atoms with E-state index in [1.807, 2.05) is 0 Å². The fraction of sp³-hybridized carbons (Fsp3) is 0.611. The largest absolute Gasteiger partial charge is 0.459 e. The Morgan fingerprint density at radius 3 is 2.48 bits per heavy atom. The Labute approximate surface area is 145 Å². The summed E-state index contributed by atoms with van der Waals surface area (Å²) in [7, 11) is 0. The molecule has 1 fully saturated rings. The standard InChI is InChI=1S/C18H24F3NO3/c1-16(2,3)25-15(24)17(9-4-5-10-22-17)14(23)12-7-6-8-13(11-12)18(19,20)21/h6-8,11,14,22-23H,4-5,9-10H2,1-3H3/t14-,17-/m0/s1. The van der Waals surface area contributed by atoms with Gasteiger partial charge in [-0.05, 0) is 64.3 Å². The highest BCUT2D eigenvalue weighted by atomic mass is 19.4. The molecule has 140 valence electrons. The minimum absolute atomic E-state index is 0.0371. The highest BCUT2D eigenvalue weighted by Crippen LogP contribution is 2.37.